The van der Waals surface area contributed by atoms with Crippen LogP contribution in [0.25, 0.3) is 0 Å². The smallest absolute Gasteiger partial charge is 0.302 e. The highest BCUT2D eigenvalue weighted by Gasteiger charge is 2.87. The summed E-state index contributed by atoms with van der Waals surface area (Å²) < 4.78 is 11.8. The van der Waals surface area contributed by atoms with Crippen LogP contribution in [0.1, 0.15) is 66.2 Å². The first-order valence-corrected chi connectivity index (χ1v) is 12.3. The number of esters is 1. The summed E-state index contributed by atoms with van der Waals surface area (Å²) in [5.74, 6) is -4.94. The molecule has 10 atom stereocenters. The van der Waals surface area contributed by atoms with Crippen molar-refractivity contribution in [3.8, 4) is 0 Å². The van der Waals surface area contributed by atoms with Crippen molar-refractivity contribution in [2.24, 2.45) is 39.9 Å². The third-order valence-corrected chi connectivity index (χ3v) is 10.2. The molecule has 2 spiro atoms. The Balaban J connectivity index is 1.69. The summed E-state index contributed by atoms with van der Waals surface area (Å²) in [4.78, 5) is 37.9. The molecule has 2 saturated heterocycles. The number of carbonyl (C=O) groups is 3. The van der Waals surface area contributed by atoms with Gasteiger partial charge in [0.05, 0.1) is 12.7 Å². The van der Waals surface area contributed by atoms with Gasteiger partial charge in [0.2, 0.25) is 5.79 Å². The Morgan fingerprint density at radius 3 is 2.45 bits per heavy atom. The number of hydrogen-bond donors (Lipinski definition) is 3. The van der Waals surface area contributed by atoms with Crippen LogP contribution in [0.4, 0.5) is 0 Å². The van der Waals surface area contributed by atoms with Crippen LogP contribution in [0.5, 0.6) is 0 Å². The molecule has 0 aromatic rings. The number of ether oxygens (including phenoxy) is 2. The van der Waals surface area contributed by atoms with E-state index in [-0.39, 0.29) is 24.6 Å². The monoisotopic (exact) mass is 464 g/mol. The predicted octanol–water partition coefficient (Wildman–Crippen LogP) is 1.38. The van der Waals surface area contributed by atoms with Gasteiger partial charge in [0.1, 0.15) is 23.4 Å². The lowest BCUT2D eigenvalue weighted by Crippen LogP contribution is -2.85. The lowest BCUT2D eigenvalue weighted by molar-refractivity contribution is -0.458. The lowest BCUT2D eigenvalue weighted by Gasteiger charge is -2.74. The normalized spacial score (nSPS) is 51.6. The molecule has 0 amide bonds. The van der Waals surface area contributed by atoms with Crippen molar-refractivity contribution >= 4 is 17.5 Å². The number of Topliss-reactive ketones (excluding diaryl/α,β-unsaturated/α-hetero) is 2. The minimum absolute atomic E-state index is 0.0319. The van der Waals surface area contributed by atoms with Crippen molar-refractivity contribution in [2.75, 3.05) is 6.61 Å². The molecule has 4 saturated carbocycles. The molecule has 4 bridgehead atoms. The van der Waals surface area contributed by atoms with Crippen LogP contribution in [0.15, 0.2) is 0 Å². The Hall–Kier alpha value is -1.35. The zero-order chi connectivity index (χ0) is 24.1. The molecule has 8 nitrogen and oxygen atoms in total. The summed E-state index contributed by atoms with van der Waals surface area (Å²) in [7, 11) is 0. The summed E-state index contributed by atoms with van der Waals surface area (Å²) in [5.41, 5.74) is -2.99. The summed E-state index contributed by atoms with van der Waals surface area (Å²) in [6.45, 7) is 6.96. The second-order valence-electron chi connectivity index (χ2n) is 12.0. The minimum Gasteiger partial charge on any atom is -0.462 e. The van der Waals surface area contributed by atoms with Crippen molar-refractivity contribution in [3.05, 3.63) is 0 Å². The topological polar surface area (TPSA) is 130 Å². The van der Waals surface area contributed by atoms with Crippen molar-refractivity contribution < 1.29 is 39.2 Å². The second-order valence-corrected chi connectivity index (χ2v) is 12.0. The molecule has 2 aliphatic heterocycles. The number of carbonyl (C=O) groups excluding carboxylic acids is 3. The molecule has 3 N–H and O–H groups in total. The van der Waals surface area contributed by atoms with Crippen molar-refractivity contribution in [2.45, 2.75) is 90.3 Å². The Bertz CT molecular complexity index is 899. The quantitative estimate of drug-likeness (QED) is 0.532. The maximum Gasteiger partial charge on any atom is 0.302 e. The van der Waals surface area contributed by atoms with Crippen molar-refractivity contribution in [3.63, 3.8) is 0 Å². The number of aliphatic hydroxyl groups excluding tert-OH is 2. The fourth-order valence-corrected chi connectivity index (χ4v) is 9.14. The van der Waals surface area contributed by atoms with E-state index in [1.807, 2.05) is 13.8 Å². The van der Waals surface area contributed by atoms with Crippen LogP contribution < -0.4 is 0 Å². The molecular weight excluding hydrogens is 428 g/mol. The van der Waals surface area contributed by atoms with Gasteiger partial charge in [-0.05, 0) is 56.3 Å². The lowest BCUT2D eigenvalue weighted by atomic mass is 9.35. The van der Waals surface area contributed by atoms with E-state index >= 15 is 0 Å². The van der Waals surface area contributed by atoms with Crippen LogP contribution in [0.2, 0.25) is 0 Å². The van der Waals surface area contributed by atoms with Gasteiger partial charge >= 0.3 is 5.97 Å². The van der Waals surface area contributed by atoms with Gasteiger partial charge in [-0.2, -0.15) is 0 Å². The number of hydrogen-bond acceptors (Lipinski definition) is 8. The molecule has 4 aliphatic carbocycles. The first-order valence-electron chi connectivity index (χ1n) is 12.3. The van der Waals surface area contributed by atoms with E-state index in [1.165, 1.54) is 13.8 Å². The molecular formula is C25H36O8. The average Bonchev–Trinajstić information content (AvgIpc) is 2.83. The summed E-state index contributed by atoms with van der Waals surface area (Å²) in [6, 6.07) is 0. The molecule has 10 unspecified atom stereocenters. The third kappa shape index (κ3) is 2.59. The Labute approximate surface area is 194 Å². The number of ketones is 2. The van der Waals surface area contributed by atoms with Gasteiger partial charge in [-0.15, -0.1) is 0 Å². The number of rotatable bonds is 4. The zero-order valence-electron chi connectivity index (χ0n) is 19.9. The van der Waals surface area contributed by atoms with Crippen LogP contribution >= 0.6 is 0 Å². The highest BCUT2D eigenvalue weighted by atomic mass is 16.6. The standard InChI is InChI=1S/C25H36O8/c1-12(26)5-6-14-15-7-8-16-23-11-32-25(31,24(16,19(14)28)20(15)29)21(30)18(23)22(3,4)10-9-17(23)33-13(2)27/h14-18,20-21,29-31H,5-11H2,1-4H3. The molecule has 8 heteroatoms. The van der Waals surface area contributed by atoms with E-state index in [4.69, 9.17) is 9.47 Å². The fraction of sp³-hybridized carbons (Fsp3) is 0.880. The van der Waals surface area contributed by atoms with E-state index in [9.17, 15) is 29.7 Å². The maximum atomic E-state index is 14.1. The third-order valence-electron chi connectivity index (χ3n) is 10.2. The van der Waals surface area contributed by atoms with Gasteiger partial charge in [0, 0.05) is 30.6 Å². The van der Waals surface area contributed by atoms with Crippen molar-refractivity contribution in [1.29, 1.82) is 0 Å². The second kappa shape index (κ2) is 7.09. The zero-order valence-corrected chi connectivity index (χ0v) is 19.9. The number of aliphatic hydroxyl groups is 3. The highest BCUT2D eigenvalue weighted by Crippen LogP contribution is 2.77. The minimum atomic E-state index is -2.22. The Kier molecular flexibility index (Phi) is 5.03. The Morgan fingerprint density at radius 1 is 1.12 bits per heavy atom. The molecule has 2 heterocycles. The molecule has 0 radical (unpaired) electrons. The van der Waals surface area contributed by atoms with Crippen LogP contribution in [0, 0.1) is 39.9 Å². The molecule has 6 rings (SSSR count). The largest absolute Gasteiger partial charge is 0.462 e. The fourth-order valence-electron chi connectivity index (χ4n) is 9.14. The number of fused-ring (bicyclic) bond motifs is 2. The van der Waals surface area contributed by atoms with Gasteiger partial charge in [-0.3, -0.25) is 9.59 Å². The first kappa shape index (κ1) is 23.4. The molecule has 6 fully saturated rings. The van der Waals surface area contributed by atoms with E-state index in [0.717, 1.165) is 0 Å². The summed E-state index contributed by atoms with van der Waals surface area (Å²) in [6.07, 6.45) is -0.271. The van der Waals surface area contributed by atoms with Gasteiger partial charge in [0.15, 0.2) is 5.78 Å². The SMILES string of the molecule is CC(=O)CCC1C(=O)C23C(O)C1CCC2C12COC3(O)C(O)C1C(C)(C)CCC2OC(C)=O. The van der Waals surface area contributed by atoms with Gasteiger partial charge in [-0.25, -0.2) is 0 Å². The molecule has 6 aliphatic rings. The first-order chi connectivity index (χ1) is 15.4. The summed E-state index contributed by atoms with van der Waals surface area (Å²) >= 11 is 0. The predicted molar refractivity (Wildman–Crippen MR) is 114 cm³/mol. The van der Waals surface area contributed by atoms with Crippen LogP contribution in [-0.2, 0) is 23.9 Å². The average molecular weight is 465 g/mol. The molecule has 33 heavy (non-hydrogen) atoms. The van der Waals surface area contributed by atoms with Crippen LogP contribution in [-0.4, -0.2) is 63.6 Å². The molecule has 0 aromatic heterocycles. The summed E-state index contributed by atoms with van der Waals surface area (Å²) in [5, 5.41) is 35.3. The molecule has 184 valence electrons. The van der Waals surface area contributed by atoms with E-state index in [1.54, 1.807) is 0 Å². The van der Waals surface area contributed by atoms with Gasteiger partial charge in [0.25, 0.3) is 0 Å². The molecule has 0 aromatic carbocycles. The van der Waals surface area contributed by atoms with Gasteiger partial charge in [-0.1, -0.05) is 13.8 Å². The van der Waals surface area contributed by atoms with Crippen molar-refractivity contribution in [1.82, 2.24) is 0 Å². The van der Waals surface area contributed by atoms with E-state index in [0.29, 0.717) is 32.1 Å². The highest BCUT2D eigenvalue weighted by molar-refractivity contribution is 5.93. The Morgan fingerprint density at radius 2 is 1.82 bits per heavy atom. The van der Waals surface area contributed by atoms with E-state index in [2.05, 4.69) is 0 Å². The van der Waals surface area contributed by atoms with E-state index < -0.39 is 70.0 Å². The van der Waals surface area contributed by atoms with Gasteiger partial charge < -0.3 is 29.6 Å². The maximum absolute atomic E-state index is 14.1. The van der Waals surface area contributed by atoms with Crippen LogP contribution in [0.3, 0.4) is 0 Å².